The van der Waals surface area contributed by atoms with E-state index in [1.54, 1.807) is 0 Å². The van der Waals surface area contributed by atoms with Crippen LogP contribution >= 0.6 is 27.7 Å². The van der Waals surface area contributed by atoms with Crippen molar-refractivity contribution < 1.29 is 9.53 Å². The second-order valence-corrected chi connectivity index (χ2v) is 7.08. The molecule has 1 aromatic carbocycles. The number of H-pyrrole nitrogens is 1. The minimum Gasteiger partial charge on any atom is -0.494 e. The number of hydrogen-bond acceptors (Lipinski definition) is 5. The highest BCUT2D eigenvalue weighted by molar-refractivity contribution is 9.10. The van der Waals surface area contributed by atoms with Gasteiger partial charge in [-0.2, -0.15) is 0 Å². The molecule has 2 heterocycles. The van der Waals surface area contributed by atoms with Crippen molar-refractivity contribution >= 4 is 50.5 Å². The lowest BCUT2D eigenvalue weighted by molar-refractivity contribution is -0.113. The molecule has 3 rings (SSSR count). The SMILES string of the molecule is CCOc1ccc(NC(=O)CSc2nc3nc(C)c(Br)cc3[nH]2)cc1. The van der Waals surface area contributed by atoms with Crippen molar-refractivity contribution in [3.8, 4) is 5.75 Å². The summed E-state index contributed by atoms with van der Waals surface area (Å²) in [4.78, 5) is 24.1. The number of thioether (sulfide) groups is 1. The fraction of sp³-hybridized carbons (Fsp3) is 0.235. The molecular weight excluding hydrogens is 404 g/mol. The second kappa shape index (κ2) is 7.88. The van der Waals surface area contributed by atoms with Gasteiger partial charge in [-0.1, -0.05) is 11.8 Å². The lowest BCUT2D eigenvalue weighted by atomic mass is 10.3. The molecule has 1 amide bonds. The van der Waals surface area contributed by atoms with Crippen molar-refractivity contribution in [3.63, 3.8) is 0 Å². The van der Waals surface area contributed by atoms with Crippen LogP contribution in [-0.4, -0.2) is 33.2 Å². The number of aromatic nitrogens is 3. The molecule has 0 aliphatic carbocycles. The first-order valence-corrected chi connectivity index (χ1v) is 9.51. The summed E-state index contributed by atoms with van der Waals surface area (Å²) >= 11 is 4.79. The summed E-state index contributed by atoms with van der Waals surface area (Å²) in [7, 11) is 0. The van der Waals surface area contributed by atoms with Crippen LogP contribution in [0.2, 0.25) is 0 Å². The average molecular weight is 421 g/mol. The lowest BCUT2D eigenvalue weighted by Crippen LogP contribution is -2.14. The van der Waals surface area contributed by atoms with E-state index < -0.39 is 0 Å². The Labute approximate surface area is 157 Å². The highest BCUT2D eigenvalue weighted by Crippen LogP contribution is 2.23. The summed E-state index contributed by atoms with van der Waals surface area (Å²) in [6.45, 7) is 4.46. The van der Waals surface area contributed by atoms with Gasteiger partial charge in [0, 0.05) is 10.2 Å². The van der Waals surface area contributed by atoms with Gasteiger partial charge in [0.2, 0.25) is 5.91 Å². The molecule has 0 aliphatic rings. The molecule has 0 spiro atoms. The van der Waals surface area contributed by atoms with Gasteiger partial charge in [0.25, 0.3) is 0 Å². The molecule has 130 valence electrons. The molecule has 3 aromatic rings. The van der Waals surface area contributed by atoms with Crippen LogP contribution in [-0.2, 0) is 4.79 Å². The molecule has 0 saturated carbocycles. The van der Waals surface area contributed by atoms with Crippen molar-refractivity contribution in [1.82, 2.24) is 15.0 Å². The molecule has 0 aliphatic heterocycles. The zero-order valence-electron chi connectivity index (χ0n) is 13.8. The monoisotopic (exact) mass is 420 g/mol. The molecule has 0 radical (unpaired) electrons. The van der Waals surface area contributed by atoms with Crippen LogP contribution in [0, 0.1) is 6.92 Å². The zero-order valence-corrected chi connectivity index (χ0v) is 16.2. The summed E-state index contributed by atoms with van der Waals surface area (Å²) in [6.07, 6.45) is 0. The smallest absolute Gasteiger partial charge is 0.234 e. The first-order chi connectivity index (χ1) is 12.0. The van der Waals surface area contributed by atoms with E-state index in [4.69, 9.17) is 4.74 Å². The fourth-order valence-corrected chi connectivity index (χ4v) is 3.18. The Balaban J connectivity index is 1.58. The molecule has 0 atom stereocenters. The Hall–Kier alpha value is -2.06. The number of benzene rings is 1. The Kier molecular flexibility index (Phi) is 5.60. The topological polar surface area (TPSA) is 79.9 Å². The van der Waals surface area contributed by atoms with Crippen LogP contribution < -0.4 is 10.1 Å². The van der Waals surface area contributed by atoms with Gasteiger partial charge in [-0.15, -0.1) is 0 Å². The Morgan fingerprint density at radius 3 is 2.80 bits per heavy atom. The van der Waals surface area contributed by atoms with Gasteiger partial charge in [-0.25, -0.2) is 9.97 Å². The molecule has 0 unspecified atom stereocenters. The van der Waals surface area contributed by atoms with Crippen LogP contribution in [0.1, 0.15) is 12.6 Å². The number of rotatable bonds is 6. The van der Waals surface area contributed by atoms with Gasteiger partial charge in [0.1, 0.15) is 5.75 Å². The van der Waals surface area contributed by atoms with Crippen molar-refractivity contribution in [2.75, 3.05) is 17.7 Å². The summed E-state index contributed by atoms with van der Waals surface area (Å²) in [5, 5.41) is 3.52. The number of carbonyl (C=O) groups excluding carboxylic acids is 1. The Morgan fingerprint density at radius 2 is 2.08 bits per heavy atom. The molecule has 2 aromatic heterocycles. The summed E-state index contributed by atoms with van der Waals surface area (Å²) in [6, 6.07) is 9.24. The van der Waals surface area contributed by atoms with Crippen molar-refractivity contribution in [3.05, 3.63) is 40.5 Å². The maximum absolute atomic E-state index is 12.1. The highest BCUT2D eigenvalue weighted by atomic mass is 79.9. The summed E-state index contributed by atoms with van der Waals surface area (Å²) in [5.74, 6) is 0.943. The van der Waals surface area contributed by atoms with E-state index in [9.17, 15) is 4.79 Å². The quantitative estimate of drug-likeness (QED) is 0.585. The number of nitrogens with zero attached hydrogens (tertiary/aromatic N) is 2. The van der Waals surface area contributed by atoms with Gasteiger partial charge in [-0.05, 0) is 60.1 Å². The van der Waals surface area contributed by atoms with Crippen LogP contribution in [0.25, 0.3) is 11.2 Å². The number of aromatic amines is 1. The second-order valence-electron chi connectivity index (χ2n) is 5.26. The number of aryl methyl sites for hydroxylation is 1. The number of nitrogens with one attached hydrogen (secondary N) is 2. The zero-order chi connectivity index (χ0) is 17.8. The minimum atomic E-state index is -0.0973. The Bertz CT molecular complexity index is 857. The number of amides is 1. The Morgan fingerprint density at radius 1 is 1.32 bits per heavy atom. The summed E-state index contributed by atoms with van der Waals surface area (Å²) in [5.41, 5.74) is 3.10. The van der Waals surface area contributed by atoms with E-state index in [0.29, 0.717) is 17.4 Å². The van der Waals surface area contributed by atoms with Crippen molar-refractivity contribution in [1.29, 1.82) is 0 Å². The van der Waals surface area contributed by atoms with Crippen LogP contribution in [0.5, 0.6) is 5.75 Å². The van der Waals surface area contributed by atoms with E-state index in [1.165, 1.54) is 11.8 Å². The molecular formula is C17H17BrN4O2S. The first-order valence-electron chi connectivity index (χ1n) is 7.73. The summed E-state index contributed by atoms with van der Waals surface area (Å²) < 4.78 is 6.30. The predicted molar refractivity (Wildman–Crippen MR) is 103 cm³/mol. The van der Waals surface area contributed by atoms with Gasteiger partial charge < -0.3 is 15.0 Å². The number of halogens is 1. The van der Waals surface area contributed by atoms with Crippen LogP contribution in [0.3, 0.4) is 0 Å². The molecule has 25 heavy (non-hydrogen) atoms. The van der Waals surface area contributed by atoms with Crippen LogP contribution in [0.15, 0.2) is 40.0 Å². The van der Waals surface area contributed by atoms with Gasteiger partial charge in [0.05, 0.1) is 23.6 Å². The molecule has 0 bridgehead atoms. The lowest BCUT2D eigenvalue weighted by Gasteiger charge is -2.06. The highest BCUT2D eigenvalue weighted by Gasteiger charge is 2.10. The number of pyridine rings is 1. The third-order valence-electron chi connectivity index (χ3n) is 3.37. The maximum atomic E-state index is 12.1. The average Bonchev–Trinajstić information content (AvgIpc) is 2.97. The van der Waals surface area contributed by atoms with Gasteiger partial charge in [-0.3, -0.25) is 4.79 Å². The molecule has 0 saturated heterocycles. The standard InChI is InChI=1S/C17H17BrN4O2S/c1-3-24-12-6-4-11(5-7-12)20-15(23)9-25-17-21-14-8-13(18)10(2)19-16(14)22-17/h4-8H,3,9H2,1-2H3,(H,20,23)(H,19,21,22). The number of hydrogen-bond donors (Lipinski definition) is 2. The van der Waals surface area contributed by atoms with Gasteiger partial charge in [0.15, 0.2) is 10.8 Å². The number of imidazole rings is 1. The molecule has 0 fully saturated rings. The number of ether oxygens (including phenoxy) is 1. The van der Waals surface area contributed by atoms with E-state index >= 15 is 0 Å². The number of carbonyl (C=O) groups is 1. The van der Waals surface area contributed by atoms with E-state index in [1.807, 2.05) is 44.2 Å². The third kappa shape index (κ3) is 4.52. The normalized spacial score (nSPS) is 10.8. The predicted octanol–water partition coefficient (Wildman–Crippen LogP) is 4.16. The maximum Gasteiger partial charge on any atom is 0.234 e. The number of fused-ring (bicyclic) bond motifs is 1. The van der Waals surface area contributed by atoms with E-state index in [0.717, 1.165) is 27.1 Å². The molecule has 8 heteroatoms. The molecule has 2 N–H and O–H groups in total. The van der Waals surface area contributed by atoms with Crippen molar-refractivity contribution in [2.24, 2.45) is 0 Å². The molecule has 6 nitrogen and oxygen atoms in total. The number of anilines is 1. The fourth-order valence-electron chi connectivity index (χ4n) is 2.19. The van der Waals surface area contributed by atoms with E-state index in [-0.39, 0.29) is 11.7 Å². The van der Waals surface area contributed by atoms with Crippen molar-refractivity contribution in [2.45, 2.75) is 19.0 Å². The minimum absolute atomic E-state index is 0.0973. The third-order valence-corrected chi connectivity index (χ3v) is 5.05. The largest absolute Gasteiger partial charge is 0.494 e. The van der Waals surface area contributed by atoms with E-state index in [2.05, 4.69) is 36.2 Å². The van der Waals surface area contributed by atoms with Gasteiger partial charge >= 0.3 is 0 Å². The first kappa shape index (κ1) is 17.8. The van der Waals surface area contributed by atoms with Crippen LogP contribution in [0.4, 0.5) is 5.69 Å².